The predicted molar refractivity (Wildman–Crippen MR) is 136 cm³/mol. The summed E-state index contributed by atoms with van der Waals surface area (Å²) in [5.41, 5.74) is 3.33. The largest absolute Gasteiger partial charge is 0.484 e. The summed E-state index contributed by atoms with van der Waals surface area (Å²) >= 11 is 6.25. The molecule has 0 radical (unpaired) electrons. The Labute approximate surface area is 210 Å². The highest BCUT2D eigenvalue weighted by Gasteiger charge is 2.30. The number of carbonyl (C=O) groups excluding carboxylic acids is 2. The highest BCUT2D eigenvalue weighted by molar-refractivity contribution is 6.32. The first-order valence-corrected chi connectivity index (χ1v) is 11.9. The van der Waals surface area contributed by atoms with Crippen molar-refractivity contribution in [3.63, 3.8) is 0 Å². The van der Waals surface area contributed by atoms with Crippen LogP contribution in [0, 0.1) is 19.7 Å². The van der Waals surface area contributed by atoms with E-state index in [9.17, 15) is 14.0 Å². The predicted octanol–water partition coefficient (Wildman–Crippen LogP) is 5.25. The van der Waals surface area contributed by atoms with Gasteiger partial charge in [-0.05, 0) is 67.3 Å². The molecular weight excluding hydrogens is 467 g/mol. The second-order valence-corrected chi connectivity index (χ2v) is 8.79. The van der Waals surface area contributed by atoms with Gasteiger partial charge in [-0.15, -0.1) is 0 Å². The Morgan fingerprint density at radius 3 is 2.23 bits per heavy atom. The number of halogens is 2. The molecule has 0 saturated heterocycles. The number of hydrogen-bond donors (Lipinski definition) is 1. The fraction of sp³-hybridized carbons (Fsp3) is 0.286. The smallest absolute Gasteiger partial charge is 0.261 e. The summed E-state index contributed by atoms with van der Waals surface area (Å²) < 4.78 is 19.3. The molecule has 35 heavy (non-hydrogen) atoms. The van der Waals surface area contributed by atoms with Crippen molar-refractivity contribution in [1.82, 2.24) is 10.2 Å². The lowest BCUT2D eigenvalue weighted by Gasteiger charge is -2.31. The van der Waals surface area contributed by atoms with Gasteiger partial charge in [0.15, 0.2) is 6.61 Å². The van der Waals surface area contributed by atoms with Crippen molar-refractivity contribution in [1.29, 1.82) is 0 Å². The van der Waals surface area contributed by atoms with E-state index < -0.39 is 6.04 Å². The van der Waals surface area contributed by atoms with E-state index in [1.54, 1.807) is 24.3 Å². The highest BCUT2D eigenvalue weighted by atomic mass is 35.5. The second-order valence-electron chi connectivity index (χ2n) is 8.41. The van der Waals surface area contributed by atoms with Gasteiger partial charge >= 0.3 is 0 Å². The number of carbonyl (C=O) groups is 2. The number of nitrogens with zero attached hydrogens (tertiary/aromatic N) is 1. The van der Waals surface area contributed by atoms with Gasteiger partial charge in [0.05, 0.1) is 0 Å². The van der Waals surface area contributed by atoms with E-state index in [4.69, 9.17) is 16.3 Å². The summed E-state index contributed by atoms with van der Waals surface area (Å²) in [5, 5.41) is 3.50. The van der Waals surface area contributed by atoms with E-state index in [-0.39, 0.29) is 30.8 Å². The van der Waals surface area contributed by atoms with Gasteiger partial charge in [0.1, 0.15) is 17.6 Å². The third-order valence-corrected chi connectivity index (χ3v) is 6.26. The van der Waals surface area contributed by atoms with Crippen molar-refractivity contribution >= 4 is 23.4 Å². The monoisotopic (exact) mass is 496 g/mol. The van der Waals surface area contributed by atoms with E-state index in [2.05, 4.69) is 5.32 Å². The van der Waals surface area contributed by atoms with Gasteiger partial charge in [-0.2, -0.15) is 0 Å². The first-order chi connectivity index (χ1) is 16.8. The Balaban J connectivity index is 1.89. The van der Waals surface area contributed by atoms with Crippen molar-refractivity contribution in [2.75, 3.05) is 13.2 Å². The van der Waals surface area contributed by atoms with Crippen LogP contribution >= 0.6 is 11.6 Å². The number of benzene rings is 3. The summed E-state index contributed by atoms with van der Waals surface area (Å²) in [5.74, 6) is -0.457. The van der Waals surface area contributed by atoms with Crippen molar-refractivity contribution in [3.05, 3.63) is 99.8 Å². The Hall–Kier alpha value is -3.38. The summed E-state index contributed by atoms with van der Waals surface area (Å²) in [7, 11) is 0. The number of rotatable bonds is 10. The molecule has 0 aliphatic heterocycles. The van der Waals surface area contributed by atoms with Crippen molar-refractivity contribution in [3.8, 4) is 5.75 Å². The molecule has 2 amide bonds. The third kappa shape index (κ3) is 7.30. The zero-order valence-electron chi connectivity index (χ0n) is 20.2. The fourth-order valence-electron chi connectivity index (χ4n) is 3.85. The number of ether oxygens (including phenoxy) is 1. The maximum Gasteiger partial charge on any atom is 0.261 e. The highest BCUT2D eigenvalue weighted by Crippen LogP contribution is 2.26. The SMILES string of the molecule is CCNC(=O)[C@@H](Cc1ccccc1)N(Cc1ccc(F)cc1)C(=O)COc1cc(C)c(Cl)c(C)c1. The van der Waals surface area contributed by atoms with Crippen LogP contribution in [0.2, 0.25) is 5.02 Å². The Morgan fingerprint density at radius 2 is 1.63 bits per heavy atom. The molecular formula is C28H30ClFN2O3. The minimum atomic E-state index is -0.771. The van der Waals surface area contributed by atoms with E-state index in [0.29, 0.717) is 29.3 Å². The van der Waals surface area contributed by atoms with Crippen LogP contribution in [0.25, 0.3) is 0 Å². The van der Waals surface area contributed by atoms with Gasteiger partial charge in [-0.3, -0.25) is 9.59 Å². The molecule has 0 aliphatic carbocycles. The van der Waals surface area contributed by atoms with E-state index in [0.717, 1.165) is 16.7 Å². The lowest BCUT2D eigenvalue weighted by molar-refractivity contribution is -0.142. The van der Waals surface area contributed by atoms with Crippen molar-refractivity contribution < 1.29 is 18.7 Å². The number of amides is 2. The molecule has 3 aromatic carbocycles. The van der Waals surface area contributed by atoms with Crippen LogP contribution < -0.4 is 10.1 Å². The van der Waals surface area contributed by atoms with Gasteiger partial charge in [0.25, 0.3) is 5.91 Å². The molecule has 1 N–H and O–H groups in total. The van der Waals surface area contributed by atoms with E-state index in [1.165, 1.54) is 17.0 Å². The Morgan fingerprint density at radius 1 is 1.00 bits per heavy atom. The normalized spacial score (nSPS) is 11.6. The van der Waals surface area contributed by atoms with E-state index in [1.807, 2.05) is 51.1 Å². The van der Waals surface area contributed by atoms with Gasteiger partial charge in [0, 0.05) is 24.5 Å². The van der Waals surface area contributed by atoms with Crippen molar-refractivity contribution in [2.45, 2.75) is 39.8 Å². The molecule has 0 bridgehead atoms. The minimum Gasteiger partial charge on any atom is -0.484 e. The van der Waals surface area contributed by atoms with Gasteiger partial charge in [0.2, 0.25) is 5.91 Å². The molecule has 0 aliphatic rings. The van der Waals surface area contributed by atoms with Crippen LogP contribution in [0.4, 0.5) is 4.39 Å². The van der Waals surface area contributed by atoms with Crippen LogP contribution in [0.3, 0.4) is 0 Å². The summed E-state index contributed by atoms with van der Waals surface area (Å²) in [6.45, 7) is 5.88. The zero-order chi connectivity index (χ0) is 25.4. The third-order valence-electron chi connectivity index (χ3n) is 5.66. The standard InChI is InChI=1S/C28H30ClFN2O3/c1-4-31-28(34)25(16-21-8-6-5-7-9-21)32(17-22-10-12-23(30)13-11-22)26(33)18-35-24-14-19(2)27(29)20(3)15-24/h5-15,25H,4,16-18H2,1-3H3,(H,31,34)/t25-/m1/s1. The minimum absolute atomic E-state index is 0.135. The van der Waals surface area contributed by atoms with Crippen LogP contribution in [-0.4, -0.2) is 35.9 Å². The molecule has 0 unspecified atom stereocenters. The summed E-state index contributed by atoms with van der Waals surface area (Å²) in [4.78, 5) is 28.1. The number of likely N-dealkylation sites (N-methyl/N-ethyl adjacent to an activating group) is 1. The zero-order valence-corrected chi connectivity index (χ0v) is 20.9. The topological polar surface area (TPSA) is 58.6 Å². The second kappa shape index (κ2) is 12.4. The molecule has 0 saturated carbocycles. The molecule has 7 heteroatoms. The average molecular weight is 497 g/mol. The van der Waals surface area contributed by atoms with Crippen LogP contribution in [0.5, 0.6) is 5.75 Å². The molecule has 5 nitrogen and oxygen atoms in total. The van der Waals surface area contributed by atoms with Gasteiger partial charge in [-0.1, -0.05) is 54.1 Å². The molecule has 3 rings (SSSR count). The molecule has 0 aromatic heterocycles. The first kappa shape index (κ1) is 26.2. The number of hydrogen-bond acceptors (Lipinski definition) is 3. The van der Waals surface area contributed by atoms with Crippen LogP contribution in [0.15, 0.2) is 66.7 Å². The molecule has 0 heterocycles. The maximum absolute atomic E-state index is 13.5. The van der Waals surface area contributed by atoms with Crippen LogP contribution in [0.1, 0.15) is 29.2 Å². The summed E-state index contributed by atoms with van der Waals surface area (Å²) in [6, 6.07) is 18.2. The van der Waals surface area contributed by atoms with Crippen molar-refractivity contribution in [2.24, 2.45) is 0 Å². The first-order valence-electron chi connectivity index (χ1n) is 11.5. The quantitative estimate of drug-likeness (QED) is 0.417. The summed E-state index contributed by atoms with van der Waals surface area (Å²) in [6.07, 6.45) is 0.332. The molecule has 3 aromatic rings. The lowest BCUT2D eigenvalue weighted by Crippen LogP contribution is -2.51. The fourth-order valence-corrected chi connectivity index (χ4v) is 3.96. The lowest BCUT2D eigenvalue weighted by atomic mass is 10.0. The Bertz CT molecular complexity index is 1130. The van der Waals surface area contributed by atoms with E-state index >= 15 is 0 Å². The molecule has 0 fully saturated rings. The van der Waals surface area contributed by atoms with Gasteiger partial charge in [-0.25, -0.2) is 4.39 Å². The Kier molecular flexibility index (Phi) is 9.26. The average Bonchev–Trinajstić information content (AvgIpc) is 2.85. The number of nitrogens with one attached hydrogen (secondary N) is 1. The maximum atomic E-state index is 13.5. The molecule has 1 atom stereocenters. The van der Waals surface area contributed by atoms with Gasteiger partial charge < -0.3 is 15.0 Å². The molecule has 184 valence electrons. The number of aryl methyl sites for hydroxylation is 2. The van der Waals surface area contributed by atoms with Crippen LogP contribution in [-0.2, 0) is 22.6 Å². The molecule has 0 spiro atoms.